The summed E-state index contributed by atoms with van der Waals surface area (Å²) in [7, 11) is 0. The third-order valence-electron chi connectivity index (χ3n) is 3.64. The quantitative estimate of drug-likeness (QED) is 0.746. The van der Waals surface area contributed by atoms with E-state index in [1.165, 1.54) is 6.07 Å². The second kappa shape index (κ2) is 6.58. The molecule has 1 aromatic heterocycles. The van der Waals surface area contributed by atoms with Crippen molar-refractivity contribution in [2.24, 2.45) is 0 Å². The second-order valence-corrected chi connectivity index (χ2v) is 5.52. The minimum absolute atomic E-state index is 0.284. The maximum atomic E-state index is 12.3. The number of benzene rings is 2. The summed E-state index contributed by atoms with van der Waals surface area (Å²) in [5, 5.41) is 3.60. The van der Waals surface area contributed by atoms with Gasteiger partial charge in [-0.15, -0.1) is 0 Å². The van der Waals surface area contributed by atoms with Crippen LogP contribution >= 0.6 is 0 Å². The molecule has 1 amide bonds. The summed E-state index contributed by atoms with van der Waals surface area (Å²) >= 11 is 0. The SMILES string of the molecule is Cc1cc(=O)oc2cc(NC(=O)C(C)Oc3ccccc3)ccc12. The molecule has 1 N–H and O–H groups in total. The molecule has 24 heavy (non-hydrogen) atoms. The van der Waals surface area contributed by atoms with E-state index in [4.69, 9.17) is 9.15 Å². The molecule has 0 aliphatic heterocycles. The van der Waals surface area contributed by atoms with E-state index >= 15 is 0 Å². The summed E-state index contributed by atoms with van der Waals surface area (Å²) in [6.07, 6.45) is -0.660. The summed E-state index contributed by atoms with van der Waals surface area (Å²) in [4.78, 5) is 23.7. The Labute approximate surface area is 138 Å². The van der Waals surface area contributed by atoms with Crippen LogP contribution in [-0.4, -0.2) is 12.0 Å². The van der Waals surface area contributed by atoms with Gasteiger partial charge in [-0.25, -0.2) is 4.79 Å². The molecule has 122 valence electrons. The number of fused-ring (bicyclic) bond motifs is 1. The summed E-state index contributed by atoms with van der Waals surface area (Å²) in [6, 6.07) is 15.8. The molecule has 0 saturated heterocycles. The first-order valence-corrected chi connectivity index (χ1v) is 7.60. The van der Waals surface area contributed by atoms with Crippen molar-refractivity contribution in [3.63, 3.8) is 0 Å². The number of carbonyl (C=O) groups excluding carboxylic acids is 1. The van der Waals surface area contributed by atoms with Gasteiger partial charge in [-0.1, -0.05) is 18.2 Å². The van der Waals surface area contributed by atoms with Crippen molar-refractivity contribution in [2.75, 3.05) is 5.32 Å². The van der Waals surface area contributed by atoms with Crippen LogP contribution in [0, 0.1) is 6.92 Å². The highest BCUT2D eigenvalue weighted by molar-refractivity contribution is 5.96. The Balaban J connectivity index is 1.76. The van der Waals surface area contributed by atoms with Gasteiger partial charge in [-0.2, -0.15) is 0 Å². The van der Waals surface area contributed by atoms with Gasteiger partial charge >= 0.3 is 5.63 Å². The molecule has 5 heteroatoms. The minimum Gasteiger partial charge on any atom is -0.481 e. The first-order chi connectivity index (χ1) is 11.5. The largest absolute Gasteiger partial charge is 0.481 e. The van der Waals surface area contributed by atoms with E-state index < -0.39 is 11.7 Å². The molecule has 0 fully saturated rings. The van der Waals surface area contributed by atoms with Gasteiger partial charge in [0.05, 0.1) is 0 Å². The standard InChI is InChI=1S/C19H17NO4/c1-12-10-18(21)24-17-11-14(8-9-16(12)17)20-19(22)13(2)23-15-6-4-3-5-7-15/h3-11,13H,1-2H3,(H,20,22). The number of rotatable bonds is 4. The lowest BCUT2D eigenvalue weighted by atomic mass is 10.1. The number of nitrogens with one attached hydrogen (secondary N) is 1. The number of ether oxygens (including phenoxy) is 1. The Morgan fingerprint density at radius 1 is 1.12 bits per heavy atom. The van der Waals surface area contributed by atoms with Crippen LogP contribution in [0.25, 0.3) is 11.0 Å². The first-order valence-electron chi connectivity index (χ1n) is 7.60. The molecule has 3 aromatic rings. The molecule has 0 radical (unpaired) electrons. The molecule has 1 atom stereocenters. The lowest BCUT2D eigenvalue weighted by molar-refractivity contribution is -0.122. The third kappa shape index (κ3) is 3.46. The predicted octanol–water partition coefficient (Wildman–Crippen LogP) is 3.51. The first kappa shape index (κ1) is 15.8. The highest BCUT2D eigenvalue weighted by atomic mass is 16.5. The van der Waals surface area contributed by atoms with Gasteiger partial charge in [-0.05, 0) is 43.7 Å². The number of carbonyl (C=O) groups is 1. The summed E-state index contributed by atoms with van der Waals surface area (Å²) in [6.45, 7) is 3.51. The van der Waals surface area contributed by atoms with Gasteiger partial charge in [0.1, 0.15) is 11.3 Å². The van der Waals surface area contributed by atoms with E-state index in [1.807, 2.05) is 31.2 Å². The Morgan fingerprint density at radius 2 is 1.88 bits per heavy atom. The normalized spacial score (nSPS) is 11.9. The van der Waals surface area contributed by atoms with Crippen molar-refractivity contribution in [2.45, 2.75) is 20.0 Å². The smallest absolute Gasteiger partial charge is 0.336 e. The van der Waals surface area contributed by atoms with Gasteiger partial charge in [0, 0.05) is 23.2 Å². The van der Waals surface area contributed by atoms with Crippen LogP contribution in [0.15, 0.2) is 63.8 Å². The lowest BCUT2D eigenvalue weighted by Gasteiger charge is -2.15. The van der Waals surface area contributed by atoms with E-state index in [0.29, 0.717) is 17.0 Å². The average molecular weight is 323 g/mol. The molecule has 1 unspecified atom stereocenters. The maximum Gasteiger partial charge on any atom is 0.336 e. The number of hydrogen-bond acceptors (Lipinski definition) is 4. The van der Waals surface area contributed by atoms with Crippen molar-refractivity contribution in [3.8, 4) is 5.75 Å². The molecule has 1 heterocycles. The number of amides is 1. The van der Waals surface area contributed by atoms with E-state index in [2.05, 4.69) is 5.32 Å². The number of para-hydroxylation sites is 1. The molecule has 0 aliphatic rings. The zero-order valence-corrected chi connectivity index (χ0v) is 13.4. The molecule has 3 rings (SSSR count). The molecular weight excluding hydrogens is 306 g/mol. The molecule has 0 bridgehead atoms. The Hall–Kier alpha value is -3.08. The van der Waals surface area contributed by atoms with Crippen molar-refractivity contribution >= 4 is 22.6 Å². The molecule has 0 spiro atoms. The summed E-state index contributed by atoms with van der Waals surface area (Å²) in [5.41, 5.74) is 1.41. The fourth-order valence-electron chi connectivity index (χ4n) is 2.40. The second-order valence-electron chi connectivity index (χ2n) is 5.52. The van der Waals surface area contributed by atoms with Crippen LogP contribution in [-0.2, 0) is 4.79 Å². The Bertz CT molecular complexity index is 931. The van der Waals surface area contributed by atoms with Crippen molar-refractivity contribution in [1.29, 1.82) is 0 Å². The van der Waals surface area contributed by atoms with Crippen molar-refractivity contribution in [1.82, 2.24) is 0 Å². The van der Waals surface area contributed by atoms with Crippen LogP contribution in [0.1, 0.15) is 12.5 Å². The zero-order chi connectivity index (χ0) is 17.1. The average Bonchev–Trinajstić information content (AvgIpc) is 2.55. The number of hydrogen-bond donors (Lipinski definition) is 1. The maximum absolute atomic E-state index is 12.3. The van der Waals surface area contributed by atoms with Crippen molar-refractivity contribution < 1.29 is 13.9 Å². The fourth-order valence-corrected chi connectivity index (χ4v) is 2.40. The Morgan fingerprint density at radius 3 is 2.62 bits per heavy atom. The monoisotopic (exact) mass is 323 g/mol. The topological polar surface area (TPSA) is 68.5 Å². The van der Waals surface area contributed by atoms with E-state index in [0.717, 1.165) is 10.9 Å². The van der Waals surface area contributed by atoms with Crippen LogP contribution in [0.4, 0.5) is 5.69 Å². The number of anilines is 1. The summed E-state index contributed by atoms with van der Waals surface area (Å²) in [5.74, 6) is 0.341. The van der Waals surface area contributed by atoms with Crippen molar-refractivity contribution in [3.05, 3.63) is 70.6 Å². The van der Waals surface area contributed by atoms with E-state index in [-0.39, 0.29) is 5.91 Å². The van der Waals surface area contributed by atoms with E-state index in [9.17, 15) is 9.59 Å². The minimum atomic E-state index is -0.660. The highest BCUT2D eigenvalue weighted by Crippen LogP contribution is 2.21. The molecule has 0 saturated carbocycles. The molecule has 2 aromatic carbocycles. The summed E-state index contributed by atoms with van der Waals surface area (Å²) < 4.78 is 10.8. The van der Waals surface area contributed by atoms with Gasteiger partial charge in [0.2, 0.25) is 0 Å². The zero-order valence-electron chi connectivity index (χ0n) is 13.4. The van der Waals surface area contributed by atoms with Crippen LogP contribution in [0.5, 0.6) is 5.75 Å². The van der Waals surface area contributed by atoms with Crippen LogP contribution in [0.3, 0.4) is 0 Å². The predicted molar refractivity (Wildman–Crippen MR) is 92.4 cm³/mol. The number of aryl methyl sites for hydroxylation is 1. The van der Waals surface area contributed by atoms with Crippen LogP contribution < -0.4 is 15.7 Å². The van der Waals surface area contributed by atoms with E-state index in [1.54, 1.807) is 31.2 Å². The van der Waals surface area contributed by atoms with Crippen LogP contribution in [0.2, 0.25) is 0 Å². The van der Waals surface area contributed by atoms with Gasteiger partial charge in [-0.3, -0.25) is 4.79 Å². The lowest BCUT2D eigenvalue weighted by Crippen LogP contribution is -2.30. The van der Waals surface area contributed by atoms with Gasteiger partial charge in [0.25, 0.3) is 5.91 Å². The molecule has 0 aliphatic carbocycles. The highest BCUT2D eigenvalue weighted by Gasteiger charge is 2.15. The molecule has 5 nitrogen and oxygen atoms in total. The third-order valence-corrected chi connectivity index (χ3v) is 3.64. The van der Waals surface area contributed by atoms with Gasteiger partial charge in [0.15, 0.2) is 6.10 Å². The van der Waals surface area contributed by atoms with Gasteiger partial charge < -0.3 is 14.5 Å². The fraction of sp³-hybridized carbons (Fsp3) is 0.158. The Kier molecular flexibility index (Phi) is 4.33. The molecular formula is C19H17NO4.